The Morgan fingerprint density at radius 1 is 1.30 bits per heavy atom. The van der Waals surface area contributed by atoms with Crippen molar-refractivity contribution in [1.29, 1.82) is 0 Å². The van der Waals surface area contributed by atoms with Crippen molar-refractivity contribution in [3.63, 3.8) is 0 Å². The zero-order chi connectivity index (χ0) is 14.5. The van der Waals surface area contributed by atoms with Gasteiger partial charge in [-0.3, -0.25) is 25.3 Å². The van der Waals surface area contributed by atoms with Gasteiger partial charge in [0.1, 0.15) is 0 Å². The van der Waals surface area contributed by atoms with Gasteiger partial charge in [0, 0.05) is 13.1 Å². The van der Waals surface area contributed by atoms with Gasteiger partial charge in [0.05, 0.1) is 25.0 Å². The van der Waals surface area contributed by atoms with Crippen LogP contribution in [-0.2, 0) is 9.53 Å². The molecule has 1 fully saturated rings. The molecule has 2 amide bonds. The first kappa shape index (κ1) is 14.5. The number of furan rings is 1. The van der Waals surface area contributed by atoms with Crippen LogP contribution in [0.2, 0.25) is 0 Å². The number of ether oxygens (including phenoxy) is 1. The van der Waals surface area contributed by atoms with Crippen LogP contribution >= 0.6 is 0 Å². The lowest BCUT2D eigenvalue weighted by molar-refractivity contribution is -0.126. The number of nitrogens with zero attached hydrogens (tertiary/aromatic N) is 1. The minimum atomic E-state index is -0.480. The molecule has 0 bridgehead atoms. The summed E-state index contributed by atoms with van der Waals surface area (Å²) in [6.45, 7) is 5.56. The van der Waals surface area contributed by atoms with Crippen LogP contribution in [0.1, 0.15) is 24.4 Å². The van der Waals surface area contributed by atoms with E-state index in [2.05, 4.69) is 10.9 Å². The third-order valence-electron chi connectivity index (χ3n) is 2.92. The second-order valence-corrected chi connectivity index (χ2v) is 4.93. The van der Waals surface area contributed by atoms with Crippen molar-refractivity contribution < 1.29 is 18.7 Å². The molecule has 2 rings (SSSR count). The highest BCUT2D eigenvalue weighted by Crippen LogP contribution is 2.09. The lowest BCUT2D eigenvalue weighted by Crippen LogP contribution is -2.51. The molecule has 2 N–H and O–H groups in total. The Kier molecular flexibility index (Phi) is 4.75. The van der Waals surface area contributed by atoms with Gasteiger partial charge in [-0.1, -0.05) is 0 Å². The van der Waals surface area contributed by atoms with Crippen molar-refractivity contribution in [3.05, 3.63) is 24.2 Å². The van der Waals surface area contributed by atoms with Crippen LogP contribution in [0.15, 0.2) is 22.8 Å². The molecule has 1 aliphatic rings. The quantitative estimate of drug-likeness (QED) is 0.771. The highest BCUT2D eigenvalue weighted by molar-refractivity contribution is 5.93. The molecule has 7 heteroatoms. The van der Waals surface area contributed by atoms with Crippen LogP contribution in [-0.4, -0.2) is 48.6 Å². The summed E-state index contributed by atoms with van der Waals surface area (Å²) in [5, 5.41) is 0. The lowest BCUT2D eigenvalue weighted by atomic mass is 10.2. The number of carbonyl (C=O) groups excluding carboxylic acids is 2. The summed E-state index contributed by atoms with van der Waals surface area (Å²) in [5.41, 5.74) is 4.67. The number of rotatable bonds is 3. The summed E-state index contributed by atoms with van der Waals surface area (Å²) in [7, 11) is 0. The fourth-order valence-corrected chi connectivity index (χ4v) is 2.25. The molecule has 0 aliphatic carbocycles. The van der Waals surface area contributed by atoms with Crippen molar-refractivity contribution in [2.45, 2.75) is 26.1 Å². The van der Waals surface area contributed by atoms with E-state index in [1.54, 1.807) is 6.07 Å². The summed E-state index contributed by atoms with van der Waals surface area (Å²) < 4.78 is 10.5. The van der Waals surface area contributed by atoms with Crippen LogP contribution in [0.5, 0.6) is 0 Å². The molecule has 0 unspecified atom stereocenters. The number of amides is 2. The third-order valence-corrected chi connectivity index (χ3v) is 2.92. The van der Waals surface area contributed by atoms with Crippen LogP contribution in [0.25, 0.3) is 0 Å². The largest absolute Gasteiger partial charge is 0.459 e. The van der Waals surface area contributed by atoms with E-state index in [0.717, 1.165) is 0 Å². The van der Waals surface area contributed by atoms with E-state index in [0.29, 0.717) is 13.1 Å². The minimum absolute atomic E-state index is 0.101. The molecule has 0 saturated carbocycles. The summed E-state index contributed by atoms with van der Waals surface area (Å²) in [6.07, 6.45) is 1.60. The number of hydrogen-bond donors (Lipinski definition) is 2. The summed E-state index contributed by atoms with van der Waals surface area (Å²) >= 11 is 0. The van der Waals surface area contributed by atoms with E-state index in [9.17, 15) is 9.59 Å². The van der Waals surface area contributed by atoms with Gasteiger partial charge >= 0.3 is 5.91 Å². The molecule has 0 aromatic carbocycles. The first-order valence-corrected chi connectivity index (χ1v) is 6.55. The molecule has 1 aromatic rings. The molecule has 1 aliphatic heterocycles. The van der Waals surface area contributed by atoms with Gasteiger partial charge in [-0.15, -0.1) is 0 Å². The molecule has 20 heavy (non-hydrogen) atoms. The predicted octanol–water partition coefficient (Wildman–Crippen LogP) is 0.150. The fraction of sp³-hybridized carbons (Fsp3) is 0.538. The Bertz CT molecular complexity index is 450. The monoisotopic (exact) mass is 281 g/mol. The van der Waals surface area contributed by atoms with E-state index >= 15 is 0 Å². The van der Waals surface area contributed by atoms with Crippen molar-refractivity contribution in [2.24, 2.45) is 0 Å². The van der Waals surface area contributed by atoms with Crippen LogP contribution < -0.4 is 10.9 Å². The van der Waals surface area contributed by atoms with Crippen LogP contribution in [0.3, 0.4) is 0 Å². The molecule has 2 atom stereocenters. The van der Waals surface area contributed by atoms with Gasteiger partial charge in [0.25, 0.3) is 5.91 Å². The van der Waals surface area contributed by atoms with E-state index < -0.39 is 5.91 Å². The normalized spacial score (nSPS) is 23.3. The first-order valence-electron chi connectivity index (χ1n) is 6.55. The Labute approximate surface area is 117 Å². The third kappa shape index (κ3) is 4.07. The Balaban J connectivity index is 1.74. The van der Waals surface area contributed by atoms with Crippen molar-refractivity contribution in [2.75, 3.05) is 19.6 Å². The van der Waals surface area contributed by atoms with Gasteiger partial charge in [-0.25, -0.2) is 0 Å². The topological polar surface area (TPSA) is 83.8 Å². The molecule has 1 saturated heterocycles. The molecule has 1 aromatic heterocycles. The first-order chi connectivity index (χ1) is 9.54. The number of nitrogens with one attached hydrogen (secondary N) is 2. The van der Waals surface area contributed by atoms with E-state index in [1.165, 1.54) is 12.3 Å². The fourth-order valence-electron chi connectivity index (χ4n) is 2.25. The number of morpholine rings is 1. The maximum atomic E-state index is 11.8. The highest BCUT2D eigenvalue weighted by atomic mass is 16.5. The average molecular weight is 281 g/mol. The second kappa shape index (κ2) is 6.53. The number of hydrogen-bond acceptors (Lipinski definition) is 5. The summed E-state index contributed by atoms with van der Waals surface area (Å²) in [6, 6.07) is 3.13. The Morgan fingerprint density at radius 2 is 2.00 bits per heavy atom. The molecule has 0 spiro atoms. The molecule has 110 valence electrons. The highest BCUT2D eigenvalue weighted by Gasteiger charge is 2.23. The lowest BCUT2D eigenvalue weighted by Gasteiger charge is -2.34. The maximum absolute atomic E-state index is 11.8. The Hall–Kier alpha value is -1.86. The van der Waals surface area contributed by atoms with Gasteiger partial charge in [0.15, 0.2) is 5.76 Å². The predicted molar refractivity (Wildman–Crippen MR) is 70.8 cm³/mol. The molecule has 2 heterocycles. The second-order valence-electron chi connectivity index (χ2n) is 4.93. The van der Waals surface area contributed by atoms with Crippen molar-refractivity contribution >= 4 is 11.8 Å². The zero-order valence-electron chi connectivity index (χ0n) is 11.6. The molecule has 7 nitrogen and oxygen atoms in total. The molecule has 0 radical (unpaired) electrons. The van der Waals surface area contributed by atoms with Gasteiger partial charge in [0.2, 0.25) is 0 Å². The summed E-state index contributed by atoms with van der Waals surface area (Å²) in [5.74, 6) is -0.600. The smallest absolute Gasteiger partial charge is 0.305 e. The van der Waals surface area contributed by atoms with E-state index in [-0.39, 0.29) is 30.4 Å². The standard InChI is InChI=1S/C13H19N3O4/c1-9-6-16(7-10(2)20-9)8-12(17)14-15-13(18)11-4-3-5-19-11/h3-5,9-10H,6-8H2,1-2H3,(H,14,17)(H,15,18)/t9-,10+. The van der Waals surface area contributed by atoms with Gasteiger partial charge in [-0.2, -0.15) is 0 Å². The molecular formula is C13H19N3O4. The van der Waals surface area contributed by atoms with Crippen molar-refractivity contribution in [1.82, 2.24) is 15.8 Å². The number of carbonyl (C=O) groups is 2. The Morgan fingerprint density at radius 3 is 2.60 bits per heavy atom. The van der Waals surface area contributed by atoms with Gasteiger partial charge in [-0.05, 0) is 26.0 Å². The summed E-state index contributed by atoms with van der Waals surface area (Å²) in [4.78, 5) is 25.3. The zero-order valence-corrected chi connectivity index (χ0v) is 11.6. The van der Waals surface area contributed by atoms with Crippen LogP contribution in [0, 0.1) is 0 Å². The SMILES string of the molecule is C[C@@H]1CN(CC(=O)NNC(=O)c2ccco2)C[C@H](C)O1. The van der Waals surface area contributed by atoms with Crippen molar-refractivity contribution in [3.8, 4) is 0 Å². The molecular weight excluding hydrogens is 262 g/mol. The van der Waals surface area contributed by atoms with Gasteiger partial charge < -0.3 is 9.15 Å². The average Bonchev–Trinajstić information content (AvgIpc) is 2.88. The van der Waals surface area contributed by atoms with Crippen LogP contribution in [0.4, 0.5) is 0 Å². The maximum Gasteiger partial charge on any atom is 0.305 e. The van der Waals surface area contributed by atoms with E-state index in [1.807, 2.05) is 18.7 Å². The minimum Gasteiger partial charge on any atom is -0.459 e. The van der Waals surface area contributed by atoms with E-state index in [4.69, 9.17) is 9.15 Å². The number of hydrazine groups is 1.